The van der Waals surface area contributed by atoms with E-state index in [1.807, 2.05) is 37.3 Å². The van der Waals surface area contributed by atoms with Crippen LogP contribution in [0.4, 0.5) is 11.5 Å². The molecule has 0 aliphatic carbocycles. The summed E-state index contributed by atoms with van der Waals surface area (Å²) in [5, 5.41) is 0. The number of anilines is 2. The van der Waals surface area contributed by atoms with E-state index in [0.29, 0.717) is 17.1 Å². The van der Waals surface area contributed by atoms with Gasteiger partial charge < -0.3 is 5.73 Å². The first-order valence-corrected chi connectivity index (χ1v) is 8.30. The lowest BCUT2D eigenvalue weighted by molar-refractivity contribution is 0.595. The third-order valence-corrected chi connectivity index (χ3v) is 4.63. The van der Waals surface area contributed by atoms with Crippen LogP contribution in [-0.2, 0) is 10.0 Å². The molecule has 3 N–H and O–H groups in total. The van der Waals surface area contributed by atoms with Crippen LogP contribution in [0.25, 0.3) is 0 Å². The summed E-state index contributed by atoms with van der Waals surface area (Å²) >= 11 is 0. The molecule has 1 unspecified atom stereocenters. The van der Waals surface area contributed by atoms with Crippen molar-refractivity contribution in [1.29, 1.82) is 0 Å². The Morgan fingerprint density at radius 1 is 1.29 bits per heavy atom. The number of aromatic nitrogens is 1. The van der Waals surface area contributed by atoms with E-state index in [2.05, 4.69) is 9.71 Å². The fraction of sp³-hybridized carbons (Fsp3) is 0.267. The van der Waals surface area contributed by atoms with E-state index < -0.39 is 10.0 Å². The molecule has 5 nitrogen and oxygen atoms in total. The van der Waals surface area contributed by atoms with Gasteiger partial charge in [0.25, 0.3) is 0 Å². The summed E-state index contributed by atoms with van der Waals surface area (Å²) in [5.41, 5.74) is 7.81. The van der Waals surface area contributed by atoms with E-state index in [1.54, 1.807) is 13.0 Å². The number of nitrogens with one attached hydrogen (secondary N) is 1. The van der Waals surface area contributed by atoms with Gasteiger partial charge in [0.15, 0.2) is 0 Å². The lowest BCUT2D eigenvalue weighted by Gasteiger charge is -2.14. The molecular weight excluding hydrogens is 286 g/mol. The van der Waals surface area contributed by atoms with Gasteiger partial charge in [-0.05, 0) is 30.0 Å². The Morgan fingerprint density at radius 3 is 2.57 bits per heavy atom. The summed E-state index contributed by atoms with van der Waals surface area (Å²) in [7, 11) is -3.47. The van der Waals surface area contributed by atoms with Crippen molar-refractivity contribution in [2.24, 2.45) is 0 Å². The Hall–Kier alpha value is -2.08. The molecule has 0 radical (unpaired) electrons. The highest BCUT2D eigenvalue weighted by molar-refractivity contribution is 7.92. The Kier molecular flexibility index (Phi) is 4.47. The van der Waals surface area contributed by atoms with Gasteiger partial charge in [-0.1, -0.05) is 37.3 Å². The highest BCUT2D eigenvalue weighted by Gasteiger charge is 2.18. The first-order valence-electron chi connectivity index (χ1n) is 6.65. The first-order chi connectivity index (χ1) is 9.87. The number of sulfonamides is 1. The molecule has 2 aromatic rings. The van der Waals surface area contributed by atoms with E-state index in [4.69, 9.17) is 5.73 Å². The van der Waals surface area contributed by atoms with Gasteiger partial charge in [0.1, 0.15) is 5.82 Å². The number of rotatable bonds is 5. The molecule has 0 bridgehead atoms. The molecule has 0 aliphatic heterocycles. The van der Waals surface area contributed by atoms with Gasteiger partial charge in [0.2, 0.25) is 10.0 Å². The summed E-state index contributed by atoms with van der Waals surface area (Å²) in [6.45, 7) is 3.65. The number of benzene rings is 1. The van der Waals surface area contributed by atoms with Gasteiger partial charge in [-0.25, -0.2) is 13.4 Å². The van der Waals surface area contributed by atoms with Crippen LogP contribution in [0.15, 0.2) is 42.6 Å². The van der Waals surface area contributed by atoms with Crippen molar-refractivity contribution < 1.29 is 8.42 Å². The predicted octanol–water partition coefficient (Wildman–Crippen LogP) is 2.52. The van der Waals surface area contributed by atoms with E-state index >= 15 is 0 Å². The second kappa shape index (κ2) is 6.13. The number of nitrogen functional groups attached to an aromatic ring is 1. The molecule has 0 saturated heterocycles. The van der Waals surface area contributed by atoms with E-state index in [0.717, 1.165) is 5.56 Å². The van der Waals surface area contributed by atoms with Crippen LogP contribution in [0.5, 0.6) is 0 Å². The van der Waals surface area contributed by atoms with Gasteiger partial charge >= 0.3 is 0 Å². The van der Waals surface area contributed by atoms with Crippen molar-refractivity contribution in [2.45, 2.75) is 19.8 Å². The maximum absolute atomic E-state index is 12.2. The molecule has 1 aromatic heterocycles. The molecule has 0 spiro atoms. The van der Waals surface area contributed by atoms with E-state index in [1.165, 1.54) is 6.20 Å². The quantitative estimate of drug-likeness (QED) is 0.889. The van der Waals surface area contributed by atoms with Gasteiger partial charge in [-0.2, -0.15) is 0 Å². The maximum atomic E-state index is 12.2. The monoisotopic (exact) mass is 305 g/mol. The Morgan fingerprint density at radius 2 is 1.95 bits per heavy atom. The molecule has 2 rings (SSSR count). The third-order valence-electron chi connectivity index (χ3n) is 3.19. The average molecular weight is 305 g/mol. The second-order valence-corrected chi connectivity index (χ2v) is 6.90. The van der Waals surface area contributed by atoms with Gasteiger partial charge in [-0.3, -0.25) is 4.72 Å². The summed E-state index contributed by atoms with van der Waals surface area (Å²) in [6, 6.07) is 11.2. The van der Waals surface area contributed by atoms with Crippen LogP contribution in [0, 0.1) is 6.92 Å². The zero-order valence-electron chi connectivity index (χ0n) is 12.1. The lowest BCUT2D eigenvalue weighted by atomic mass is 10.0. The molecule has 1 aromatic carbocycles. The van der Waals surface area contributed by atoms with Crippen molar-refractivity contribution >= 4 is 21.5 Å². The van der Waals surface area contributed by atoms with Gasteiger partial charge in [0.05, 0.1) is 17.6 Å². The van der Waals surface area contributed by atoms with Crippen molar-refractivity contribution in [3.63, 3.8) is 0 Å². The molecule has 112 valence electrons. The molecular formula is C15H19N3O2S. The molecule has 0 saturated carbocycles. The maximum Gasteiger partial charge on any atom is 0.234 e. The van der Waals surface area contributed by atoms with Crippen LogP contribution in [0.3, 0.4) is 0 Å². The predicted molar refractivity (Wildman–Crippen MR) is 85.7 cm³/mol. The zero-order chi connectivity index (χ0) is 15.5. The first kappa shape index (κ1) is 15.3. The molecule has 6 heteroatoms. The number of aryl methyl sites for hydroxylation is 1. The van der Waals surface area contributed by atoms with E-state index in [9.17, 15) is 8.42 Å². The van der Waals surface area contributed by atoms with Crippen molar-refractivity contribution in [1.82, 2.24) is 4.98 Å². The molecule has 1 atom stereocenters. The Labute approximate surface area is 125 Å². The van der Waals surface area contributed by atoms with Gasteiger partial charge in [-0.15, -0.1) is 0 Å². The average Bonchev–Trinajstić information content (AvgIpc) is 2.42. The highest BCUT2D eigenvalue weighted by Crippen LogP contribution is 2.20. The summed E-state index contributed by atoms with van der Waals surface area (Å²) in [5.74, 6) is 0.227. The van der Waals surface area contributed by atoms with Crippen LogP contribution < -0.4 is 10.5 Å². The molecule has 1 heterocycles. The normalized spacial score (nSPS) is 12.9. The fourth-order valence-electron chi connectivity index (χ4n) is 2.10. The summed E-state index contributed by atoms with van der Waals surface area (Å²) in [4.78, 5) is 4.03. The van der Waals surface area contributed by atoms with Crippen molar-refractivity contribution in [2.75, 3.05) is 16.2 Å². The van der Waals surface area contributed by atoms with E-state index in [-0.39, 0.29) is 11.7 Å². The van der Waals surface area contributed by atoms with Crippen LogP contribution in [-0.4, -0.2) is 19.2 Å². The van der Waals surface area contributed by atoms with Crippen molar-refractivity contribution in [3.05, 3.63) is 53.7 Å². The van der Waals surface area contributed by atoms with Crippen LogP contribution in [0.2, 0.25) is 0 Å². The number of nitrogens with two attached hydrogens (primary N) is 1. The molecule has 21 heavy (non-hydrogen) atoms. The van der Waals surface area contributed by atoms with Crippen molar-refractivity contribution in [3.8, 4) is 0 Å². The second-order valence-electron chi connectivity index (χ2n) is 5.13. The number of pyridine rings is 1. The Bertz CT molecular complexity index is 715. The van der Waals surface area contributed by atoms with Crippen LogP contribution in [0.1, 0.15) is 24.0 Å². The standard InChI is InChI=1S/C15H19N3O2S/c1-11-8-14(16)9-17-15(11)18-21(19,20)10-12(2)13-6-4-3-5-7-13/h3-9,12H,10,16H2,1-2H3,(H,17,18). The lowest BCUT2D eigenvalue weighted by Crippen LogP contribution is -2.21. The topological polar surface area (TPSA) is 85.1 Å². The minimum Gasteiger partial charge on any atom is -0.397 e. The third kappa shape index (κ3) is 4.19. The zero-order valence-corrected chi connectivity index (χ0v) is 12.9. The fourth-order valence-corrected chi connectivity index (χ4v) is 3.54. The largest absolute Gasteiger partial charge is 0.397 e. The summed E-state index contributed by atoms with van der Waals surface area (Å²) < 4.78 is 27.0. The SMILES string of the molecule is Cc1cc(N)cnc1NS(=O)(=O)CC(C)c1ccccc1. The number of hydrogen-bond acceptors (Lipinski definition) is 4. The number of nitrogens with zero attached hydrogens (tertiary/aromatic N) is 1. The number of hydrogen-bond donors (Lipinski definition) is 2. The Balaban J connectivity index is 2.12. The van der Waals surface area contributed by atoms with Crippen LogP contribution >= 0.6 is 0 Å². The minimum atomic E-state index is -3.47. The molecule has 0 amide bonds. The molecule has 0 fully saturated rings. The summed E-state index contributed by atoms with van der Waals surface area (Å²) in [6.07, 6.45) is 1.44. The van der Waals surface area contributed by atoms with Gasteiger partial charge in [0, 0.05) is 0 Å². The highest BCUT2D eigenvalue weighted by atomic mass is 32.2. The smallest absolute Gasteiger partial charge is 0.234 e. The molecule has 0 aliphatic rings. The minimum absolute atomic E-state index is 0.00249.